The SMILES string of the molecule is CCCCCC(NCC)C1(N2CCOCC2)CCCC1. The van der Waals surface area contributed by atoms with Crippen LogP contribution in [-0.2, 0) is 4.74 Å². The van der Waals surface area contributed by atoms with Crippen LogP contribution in [0.25, 0.3) is 0 Å². The average Bonchev–Trinajstić information content (AvgIpc) is 2.98. The molecule has 0 aromatic carbocycles. The van der Waals surface area contributed by atoms with Crippen molar-refractivity contribution in [3.63, 3.8) is 0 Å². The van der Waals surface area contributed by atoms with E-state index in [-0.39, 0.29) is 0 Å². The Kier molecular flexibility index (Phi) is 6.79. The maximum Gasteiger partial charge on any atom is 0.0594 e. The Balaban J connectivity index is 2.05. The second kappa shape index (κ2) is 8.35. The molecule has 1 aliphatic carbocycles. The fourth-order valence-electron chi connectivity index (χ4n) is 4.29. The molecule has 2 fully saturated rings. The number of hydrogen-bond acceptors (Lipinski definition) is 3. The number of nitrogens with zero attached hydrogens (tertiary/aromatic N) is 1. The molecule has 3 nitrogen and oxygen atoms in total. The van der Waals surface area contributed by atoms with Crippen molar-refractivity contribution in [1.82, 2.24) is 10.2 Å². The highest BCUT2D eigenvalue weighted by Crippen LogP contribution is 2.40. The number of rotatable bonds is 8. The quantitative estimate of drug-likeness (QED) is 0.692. The monoisotopic (exact) mass is 282 g/mol. The lowest BCUT2D eigenvalue weighted by Crippen LogP contribution is -2.62. The molecule has 1 atom stereocenters. The van der Waals surface area contributed by atoms with E-state index in [0.717, 1.165) is 32.8 Å². The average molecular weight is 282 g/mol. The third kappa shape index (κ3) is 3.75. The van der Waals surface area contributed by atoms with Crippen LogP contribution in [0.15, 0.2) is 0 Å². The summed E-state index contributed by atoms with van der Waals surface area (Å²) in [5.41, 5.74) is 0.424. The molecule has 0 aromatic heterocycles. The summed E-state index contributed by atoms with van der Waals surface area (Å²) in [6, 6.07) is 0.680. The standard InChI is InChI=1S/C17H34N2O/c1-3-5-6-9-16(18-4-2)17(10-7-8-11-17)19-12-14-20-15-13-19/h16,18H,3-15H2,1-2H3. The van der Waals surface area contributed by atoms with Crippen molar-refractivity contribution in [1.29, 1.82) is 0 Å². The molecule has 0 spiro atoms. The van der Waals surface area contributed by atoms with Gasteiger partial charge in [0.2, 0.25) is 0 Å². The second-order valence-corrected chi connectivity index (χ2v) is 6.52. The number of morpholine rings is 1. The van der Waals surface area contributed by atoms with Crippen molar-refractivity contribution in [2.45, 2.75) is 76.8 Å². The Morgan fingerprint density at radius 2 is 1.80 bits per heavy atom. The summed E-state index contributed by atoms with van der Waals surface area (Å²) in [6.07, 6.45) is 11.0. The minimum atomic E-state index is 0.424. The van der Waals surface area contributed by atoms with Gasteiger partial charge < -0.3 is 10.1 Å². The number of hydrogen-bond donors (Lipinski definition) is 1. The van der Waals surface area contributed by atoms with E-state index in [4.69, 9.17) is 4.74 Å². The fraction of sp³-hybridized carbons (Fsp3) is 1.00. The van der Waals surface area contributed by atoms with Crippen molar-refractivity contribution in [2.75, 3.05) is 32.8 Å². The summed E-state index contributed by atoms with van der Waals surface area (Å²) < 4.78 is 5.58. The zero-order valence-corrected chi connectivity index (χ0v) is 13.6. The summed E-state index contributed by atoms with van der Waals surface area (Å²) in [6.45, 7) is 9.78. The van der Waals surface area contributed by atoms with Gasteiger partial charge in [0.15, 0.2) is 0 Å². The van der Waals surface area contributed by atoms with Gasteiger partial charge in [0.25, 0.3) is 0 Å². The Labute approximate surface area is 125 Å². The van der Waals surface area contributed by atoms with Gasteiger partial charge in [-0.25, -0.2) is 0 Å². The molecule has 3 heteroatoms. The molecule has 1 heterocycles. The molecule has 1 aliphatic heterocycles. The third-order valence-electron chi connectivity index (χ3n) is 5.31. The normalized spacial score (nSPS) is 24.9. The first-order chi connectivity index (χ1) is 9.83. The highest BCUT2D eigenvalue weighted by atomic mass is 16.5. The van der Waals surface area contributed by atoms with E-state index in [1.807, 2.05) is 0 Å². The van der Waals surface area contributed by atoms with E-state index in [2.05, 4.69) is 24.1 Å². The lowest BCUT2D eigenvalue weighted by molar-refractivity contribution is -0.0369. The highest BCUT2D eigenvalue weighted by molar-refractivity contribution is 5.04. The maximum absolute atomic E-state index is 5.58. The van der Waals surface area contributed by atoms with Crippen LogP contribution in [0.1, 0.15) is 65.2 Å². The Hall–Kier alpha value is -0.120. The molecule has 2 rings (SSSR count). The van der Waals surface area contributed by atoms with Gasteiger partial charge in [-0.05, 0) is 25.8 Å². The predicted molar refractivity (Wildman–Crippen MR) is 85.2 cm³/mol. The van der Waals surface area contributed by atoms with Crippen molar-refractivity contribution in [3.05, 3.63) is 0 Å². The molecule has 1 N–H and O–H groups in total. The van der Waals surface area contributed by atoms with Crippen molar-refractivity contribution >= 4 is 0 Å². The molecule has 1 unspecified atom stereocenters. The summed E-state index contributed by atoms with van der Waals surface area (Å²) in [5, 5.41) is 3.84. The van der Waals surface area contributed by atoms with Gasteiger partial charge in [0, 0.05) is 24.7 Å². The molecule has 0 radical (unpaired) electrons. The summed E-state index contributed by atoms with van der Waals surface area (Å²) in [7, 11) is 0. The fourth-order valence-corrected chi connectivity index (χ4v) is 4.29. The molecule has 0 bridgehead atoms. The molecule has 1 saturated carbocycles. The zero-order valence-electron chi connectivity index (χ0n) is 13.6. The van der Waals surface area contributed by atoms with Crippen LogP contribution in [0.3, 0.4) is 0 Å². The molecular weight excluding hydrogens is 248 g/mol. The van der Waals surface area contributed by atoms with Crippen molar-refractivity contribution < 1.29 is 4.74 Å². The molecule has 1 saturated heterocycles. The van der Waals surface area contributed by atoms with E-state index >= 15 is 0 Å². The molecule has 118 valence electrons. The molecule has 0 aromatic rings. The van der Waals surface area contributed by atoms with Crippen LogP contribution >= 0.6 is 0 Å². The van der Waals surface area contributed by atoms with Gasteiger partial charge in [-0.3, -0.25) is 4.90 Å². The van der Waals surface area contributed by atoms with Gasteiger partial charge in [0.1, 0.15) is 0 Å². The third-order valence-corrected chi connectivity index (χ3v) is 5.31. The van der Waals surface area contributed by atoms with E-state index in [9.17, 15) is 0 Å². The minimum Gasteiger partial charge on any atom is -0.379 e. The summed E-state index contributed by atoms with van der Waals surface area (Å²) in [5.74, 6) is 0. The zero-order chi connectivity index (χ0) is 14.3. The smallest absolute Gasteiger partial charge is 0.0594 e. The van der Waals surface area contributed by atoms with Gasteiger partial charge in [-0.1, -0.05) is 46.0 Å². The first-order valence-corrected chi connectivity index (χ1v) is 8.89. The Morgan fingerprint density at radius 1 is 1.10 bits per heavy atom. The van der Waals surface area contributed by atoms with Crippen LogP contribution in [0.4, 0.5) is 0 Å². The summed E-state index contributed by atoms with van der Waals surface area (Å²) >= 11 is 0. The first-order valence-electron chi connectivity index (χ1n) is 8.89. The van der Waals surface area contributed by atoms with Crippen LogP contribution in [0, 0.1) is 0 Å². The van der Waals surface area contributed by atoms with Gasteiger partial charge in [-0.2, -0.15) is 0 Å². The van der Waals surface area contributed by atoms with E-state index < -0.39 is 0 Å². The lowest BCUT2D eigenvalue weighted by Gasteiger charge is -2.48. The van der Waals surface area contributed by atoms with Gasteiger partial charge in [0.05, 0.1) is 13.2 Å². The Morgan fingerprint density at radius 3 is 2.40 bits per heavy atom. The number of ether oxygens (including phenoxy) is 1. The van der Waals surface area contributed by atoms with Gasteiger partial charge >= 0.3 is 0 Å². The highest BCUT2D eigenvalue weighted by Gasteiger charge is 2.45. The Bertz CT molecular complexity index is 258. The van der Waals surface area contributed by atoms with E-state index in [0.29, 0.717) is 11.6 Å². The lowest BCUT2D eigenvalue weighted by atomic mass is 9.82. The van der Waals surface area contributed by atoms with E-state index in [1.54, 1.807) is 0 Å². The predicted octanol–water partition coefficient (Wildman–Crippen LogP) is 3.19. The topological polar surface area (TPSA) is 24.5 Å². The van der Waals surface area contributed by atoms with Crippen molar-refractivity contribution in [2.24, 2.45) is 0 Å². The van der Waals surface area contributed by atoms with Crippen LogP contribution < -0.4 is 5.32 Å². The van der Waals surface area contributed by atoms with Crippen LogP contribution in [-0.4, -0.2) is 49.3 Å². The molecule has 0 amide bonds. The molecular formula is C17H34N2O. The van der Waals surface area contributed by atoms with E-state index in [1.165, 1.54) is 51.4 Å². The summed E-state index contributed by atoms with van der Waals surface area (Å²) in [4.78, 5) is 2.77. The second-order valence-electron chi connectivity index (χ2n) is 6.52. The first kappa shape index (κ1) is 16.3. The molecule has 2 aliphatic rings. The van der Waals surface area contributed by atoms with Gasteiger partial charge in [-0.15, -0.1) is 0 Å². The number of nitrogens with one attached hydrogen (secondary N) is 1. The number of likely N-dealkylation sites (N-methyl/N-ethyl adjacent to an activating group) is 1. The van der Waals surface area contributed by atoms with Crippen LogP contribution in [0.5, 0.6) is 0 Å². The van der Waals surface area contributed by atoms with Crippen LogP contribution in [0.2, 0.25) is 0 Å². The largest absolute Gasteiger partial charge is 0.379 e. The maximum atomic E-state index is 5.58. The number of unbranched alkanes of at least 4 members (excludes halogenated alkanes) is 2. The van der Waals surface area contributed by atoms with Crippen molar-refractivity contribution in [3.8, 4) is 0 Å². The minimum absolute atomic E-state index is 0.424. The molecule has 20 heavy (non-hydrogen) atoms.